The zero-order valence-corrected chi connectivity index (χ0v) is 15.8. The third-order valence-electron chi connectivity index (χ3n) is 4.27. The van der Waals surface area contributed by atoms with Crippen LogP contribution in [0.3, 0.4) is 0 Å². The summed E-state index contributed by atoms with van der Waals surface area (Å²) in [5.74, 6) is 0.908. The highest BCUT2D eigenvalue weighted by molar-refractivity contribution is 6.13. The number of aryl methyl sites for hydroxylation is 1. The van der Waals surface area contributed by atoms with Crippen molar-refractivity contribution in [2.45, 2.75) is 26.7 Å². The molecule has 0 fully saturated rings. The van der Waals surface area contributed by atoms with Crippen LogP contribution in [0.15, 0.2) is 22.7 Å². The molecule has 0 saturated carbocycles. The van der Waals surface area contributed by atoms with E-state index >= 15 is 0 Å². The SMILES string of the molecule is Cc1noc2nc(C(C)C)cc(C(=O)Nc3cc4c(cc3N)OCO4)c12.Cl. The lowest BCUT2D eigenvalue weighted by Crippen LogP contribution is -2.15. The van der Waals surface area contributed by atoms with Gasteiger partial charge in [0.25, 0.3) is 11.6 Å². The van der Waals surface area contributed by atoms with E-state index in [1.807, 2.05) is 13.8 Å². The number of carbonyl (C=O) groups excluding carboxylic acids is 1. The van der Waals surface area contributed by atoms with Crippen LogP contribution in [0.1, 0.15) is 41.5 Å². The first-order chi connectivity index (χ1) is 12.4. The number of ether oxygens (including phenoxy) is 2. The van der Waals surface area contributed by atoms with E-state index in [0.29, 0.717) is 45.2 Å². The van der Waals surface area contributed by atoms with Crippen molar-refractivity contribution in [1.82, 2.24) is 10.1 Å². The second-order valence-corrected chi connectivity index (χ2v) is 6.44. The van der Waals surface area contributed by atoms with Gasteiger partial charge in [0.1, 0.15) is 0 Å². The molecular weight excluding hydrogens is 372 g/mol. The quantitative estimate of drug-likeness (QED) is 0.656. The Hall–Kier alpha value is -3.00. The molecule has 8 nitrogen and oxygen atoms in total. The van der Waals surface area contributed by atoms with Crippen molar-refractivity contribution in [2.75, 3.05) is 17.8 Å². The Balaban J connectivity index is 0.00000210. The summed E-state index contributed by atoms with van der Waals surface area (Å²) in [7, 11) is 0. The molecular formula is C18H19ClN4O4. The van der Waals surface area contributed by atoms with Crippen LogP contribution >= 0.6 is 12.4 Å². The van der Waals surface area contributed by atoms with Crippen LogP contribution in [-0.2, 0) is 0 Å². The van der Waals surface area contributed by atoms with Crippen LogP contribution in [0.4, 0.5) is 11.4 Å². The molecule has 0 spiro atoms. The zero-order chi connectivity index (χ0) is 18.4. The number of fused-ring (bicyclic) bond motifs is 2. The van der Waals surface area contributed by atoms with Crippen LogP contribution in [0.5, 0.6) is 11.5 Å². The maximum absolute atomic E-state index is 13.0. The average molecular weight is 391 g/mol. The number of hydrogen-bond acceptors (Lipinski definition) is 7. The monoisotopic (exact) mass is 390 g/mol. The van der Waals surface area contributed by atoms with Gasteiger partial charge in [-0.15, -0.1) is 12.4 Å². The van der Waals surface area contributed by atoms with E-state index in [1.54, 1.807) is 25.1 Å². The van der Waals surface area contributed by atoms with Gasteiger partial charge in [0.15, 0.2) is 11.5 Å². The summed E-state index contributed by atoms with van der Waals surface area (Å²) in [5.41, 5.74) is 9.00. The molecule has 1 aliphatic rings. The lowest BCUT2D eigenvalue weighted by Gasteiger charge is -2.11. The van der Waals surface area contributed by atoms with Crippen molar-refractivity contribution < 1.29 is 18.8 Å². The standard InChI is InChI=1S/C18H18N4O4.ClH/c1-8(2)12-4-10(16-9(3)22-26-18(16)21-12)17(23)20-13-6-15-14(5-11(13)19)24-7-25-15;/h4-6,8H,7,19H2,1-3H3,(H,20,23);1H. The molecule has 4 rings (SSSR count). The van der Waals surface area contributed by atoms with Gasteiger partial charge in [-0.2, -0.15) is 0 Å². The number of carbonyl (C=O) groups is 1. The number of anilines is 2. The molecule has 0 radical (unpaired) electrons. The summed E-state index contributed by atoms with van der Waals surface area (Å²) in [6.07, 6.45) is 0. The molecule has 1 aromatic carbocycles. The third kappa shape index (κ3) is 3.23. The summed E-state index contributed by atoms with van der Waals surface area (Å²) in [6.45, 7) is 5.90. The van der Waals surface area contributed by atoms with Gasteiger partial charge in [0.05, 0.1) is 28.0 Å². The van der Waals surface area contributed by atoms with E-state index in [2.05, 4.69) is 15.5 Å². The minimum absolute atomic E-state index is 0. The molecule has 27 heavy (non-hydrogen) atoms. The van der Waals surface area contributed by atoms with Crippen molar-refractivity contribution in [3.05, 3.63) is 35.2 Å². The molecule has 3 N–H and O–H groups in total. The second-order valence-electron chi connectivity index (χ2n) is 6.44. The molecule has 0 unspecified atom stereocenters. The van der Waals surface area contributed by atoms with Gasteiger partial charge in [0, 0.05) is 17.8 Å². The highest BCUT2D eigenvalue weighted by Crippen LogP contribution is 2.38. The van der Waals surface area contributed by atoms with E-state index in [1.165, 1.54) is 0 Å². The van der Waals surface area contributed by atoms with Gasteiger partial charge >= 0.3 is 0 Å². The van der Waals surface area contributed by atoms with Gasteiger partial charge in [-0.3, -0.25) is 4.79 Å². The predicted molar refractivity (Wildman–Crippen MR) is 103 cm³/mol. The molecule has 1 aliphatic heterocycles. The highest BCUT2D eigenvalue weighted by Gasteiger charge is 2.22. The highest BCUT2D eigenvalue weighted by atomic mass is 35.5. The van der Waals surface area contributed by atoms with Crippen LogP contribution in [0, 0.1) is 6.92 Å². The van der Waals surface area contributed by atoms with Crippen LogP contribution < -0.4 is 20.5 Å². The molecule has 9 heteroatoms. The first-order valence-electron chi connectivity index (χ1n) is 8.21. The lowest BCUT2D eigenvalue weighted by atomic mass is 10.0. The van der Waals surface area contributed by atoms with Crippen LogP contribution in [0.25, 0.3) is 11.1 Å². The van der Waals surface area contributed by atoms with Crippen molar-refractivity contribution in [1.29, 1.82) is 0 Å². The summed E-state index contributed by atoms with van der Waals surface area (Å²) in [6, 6.07) is 5.04. The second kappa shape index (κ2) is 6.96. The van der Waals surface area contributed by atoms with Crippen molar-refractivity contribution in [3.8, 4) is 11.5 Å². The maximum atomic E-state index is 13.0. The molecule has 0 saturated heterocycles. The fourth-order valence-corrected chi connectivity index (χ4v) is 2.84. The molecule has 3 aromatic rings. The number of pyridine rings is 1. The number of benzene rings is 1. The summed E-state index contributed by atoms with van der Waals surface area (Å²) >= 11 is 0. The molecule has 3 heterocycles. The Morgan fingerprint density at radius 3 is 2.63 bits per heavy atom. The van der Waals surface area contributed by atoms with Crippen LogP contribution in [-0.4, -0.2) is 22.8 Å². The first kappa shape index (κ1) is 18.8. The molecule has 142 valence electrons. The molecule has 0 bridgehead atoms. The number of nitrogens with one attached hydrogen (secondary N) is 1. The van der Waals surface area contributed by atoms with Crippen molar-refractivity contribution in [2.24, 2.45) is 0 Å². The van der Waals surface area contributed by atoms with E-state index in [9.17, 15) is 4.79 Å². The van der Waals surface area contributed by atoms with E-state index < -0.39 is 0 Å². The number of rotatable bonds is 3. The number of nitrogens with zero attached hydrogens (tertiary/aromatic N) is 2. The largest absolute Gasteiger partial charge is 0.454 e. The van der Waals surface area contributed by atoms with E-state index in [4.69, 9.17) is 19.7 Å². The third-order valence-corrected chi connectivity index (χ3v) is 4.27. The molecule has 2 aromatic heterocycles. The minimum atomic E-state index is -0.323. The minimum Gasteiger partial charge on any atom is -0.454 e. The van der Waals surface area contributed by atoms with Crippen molar-refractivity contribution >= 4 is 40.8 Å². The summed E-state index contributed by atoms with van der Waals surface area (Å²) in [4.78, 5) is 17.4. The average Bonchev–Trinajstić information content (AvgIpc) is 3.20. The van der Waals surface area contributed by atoms with E-state index in [-0.39, 0.29) is 31.0 Å². The Bertz CT molecular complexity index is 1030. The number of hydrogen-bond donors (Lipinski definition) is 2. The fourth-order valence-electron chi connectivity index (χ4n) is 2.84. The van der Waals surface area contributed by atoms with Gasteiger partial charge in [-0.1, -0.05) is 19.0 Å². The molecule has 0 aliphatic carbocycles. The Labute approximate surface area is 161 Å². The predicted octanol–water partition coefficient (Wildman–Crippen LogP) is 3.64. The lowest BCUT2D eigenvalue weighted by molar-refractivity contribution is 0.102. The van der Waals surface area contributed by atoms with E-state index in [0.717, 1.165) is 5.69 Å². The first-order valence-corrected chi connectivity index (χ1v) is 8.21. The van der Waals surface area contributed by atoms with Crippen LogP contribution in [0.2, 0.25) is 0 Å². The topological polar surface area (TPSA) is 112 Å². The van der Waals surface area contributed by atoms with Gasteiger partial charge in [-0.05, 0) is 18.9 Å². The summed E-state index contributed by atoms with van der Waals surface area (Å²) in [5, 5.41) is 7.36. The fraction of sp³-hybridized carbons (Fsp3) is 0.278. The number of amides is 1. The van der Waals surface area contributed by atoms with Gasteiger partial charge in [-0.25, -0.2) is 4.98 Å². The van der Waals surface area contributed by atoms with Gasteiger partial charge < -0.3 is 25.0 Å². The normalized spacial score (nSPS) is 12.3. The Kier molecular flexibility index (Phi) is 4.84. The number of nitrogen functional groups attached to an aromatic ring is 1. The van der Waals surface area contributed by atoms with Gasteiger partial charge in [0.2, 0.25) is 6.79 Å². The number of halogens is 1. The Morgan fingerprint density at radius 1 is 1.22 bits per heavy atom. The number of nitrogens with two attached hydrogens (primary N) is 1. The smallest absolute Gasteiger partial charge is 0.259 e. The maximum Gasteiger partial charge on any atom is 0.259 e. The molecule has 0 atom stereocenters. The van der Waals surface area contributed by atoms with Crippen molar-refractivity contribution in [3.63, 3.8) is 0 Å². The zero-order valence-electron chi connectivity index (χ0n) is 15.0. The molecule has 1 amide bonds. The number of aromatic nitrogens is 2. The Morgan fingerprint density at radius 2 is 1.93 bits per heavy atom. The summed E-state index contributed by atoms with van der Waals surface area (Å²) < 4.78 is 15.9.